The van der Waals surface area contributed by atoms with Crippen LogP contribution in [-0.2, 0) is 9.59 Å². The Hall–Kier alpha value is -2.96. The first-order valence-corrected chi connectivity index (χ1v) is 6.66. The summed E-state index contributed by atoms with van der Waals surface area (Å²) >= 11 is 0. The van der Waals surface area contributed by atoms with E-state index in [9.17, 15) is 14.4 Å². The van der Waals surface area contributed by atoms with Crippen molar-refractivity contribution in [2.75, 3.05) is 7.11 Å². The average molecular weight is 299 g/mol. The zero-order valence-corrected chi connectivity index (χ0v) is 11.8. The van der Waals surface area contributed by atoms with Gasteiger partial charge in [-0.1, -0.05) is 0 Å². The molecular formula is C15H13N3O4. The molecule has 0 aliphatic carbocycles. The van der Waals surface area contributed by atoms with Gasteiger partial charge in [0.15, 0.2) is 0 Å². The van der Waals surface area contributed by atoms with Crippen LogP contribution in [0.4, 0.5) is 0 Å². The van der Waals surface area contributed by atoms with Gasteiger partial charge in [-0.2, -0.15) is 0 Å². The lowest BCUT2D eigenvalue weighted by Crippen LogP contribution is -2.40. The van der Waals surface area contributed by atoms with Crippen LogP contribution in [-0.4, -0.2) is 35.9 Å². The summed E-state index contributed by atoms with van der Waals surface area (Å²) in [6.45, 7) is 0. The van der Waals surface area contributed by atoms with Gasteiger partial charge < -0.3 is 10.1 Å². The van der Waals surface area contributed by atoms with E-state index in [1.54, 1.807) is 31.4 Å². The van der Waals surface area contributed by atoms with Crippen LogP contribution in [0.3, 0.4) is 0 Å². The van der Waals surface area contributed by atoms with Crippen LogP contribution < -0.4 is 15.4 Å². The Balaban J connectivity index is 1.91. The molecule has 0 bridgehead atoms. The minimum Gasteiger partial charge on any atom is -0.497 e. The summed E-state index contributed by atoms with van der Waals surface area (Å²) in [6.07, 6.45) is 1.46. The maximum absolute atomic E-state index is 12.3. The number of hydrogen-bond acceptors (Lipinski definition) is 5. The van der Waals surface area contributed by atoms with E-state index in [0.29, 0.717) is 11.1 Å². The Morgan fingerprint density at radius 2 is 2.18 bits per heavy atom. The monoisotopic (exact) mass is 299 g/mol. The second-order valence-electron chi connectivity index (χ2n) is 4.89. The second-order valence-corrected chi connectivity index (χ2v) is 4.89. The third-order valence-electron chi connectivity index (χ3n) is 3.46. The highest BCUT2D eigenvalue weighted by Crippen LogP contribution is 2.22. The first-order valence-electron chi connectivity index (χ1n) is 6.66. The first-order chi connectivity index (χ1) is 10.6. The number of aromatic nitrogens is 1. The van der Waals surface area contributed by atoms with Gasteiger partial charge in [-0.05, 0) is 29.7 Å². The number of ether oxygens (including phenoxy) is 1. The molecule has 2 N–H and O–H groups in total. The van der Waals surface area contributed by atoms with Crippen LogP contribution in [0.25, 0.3) is 10.8 Å². The van der Waals surface area contributed by atoms with Gasteiger partial charge in [0.05, 0.1) is 13.5 Å². The van der Waals surface area contributed by atoms with Gasteiger partial charge in [0.25, 0.3) is 5.91 Å². The molecule has 3 amide bonds. The third kappa shape index (κ3) is 2.48. The number of carbonyl (C=O) groups is 3. The van der Waals surface area contributed by atoms with Crippen LogP contribution in [0.15, 0.2) is 30.5 Å². The third-order valence-corrected chi connectivity index (χ3v) is 3.46. The number of fused-ring (bicyclic) bond motifs is 1. The molecule has 3 rings (SSSR count). The van der Waals surface area contributed by atoms with Gasteiger partial charge in [-0.15, -0.1) is 0 Å². The van der Waals surface area contributed by atoms with E-state index in [4.69, 9.17) is 4.74 Å². The molecule has 1 aliphatic heterocycles. The molecule has 2 aromatic rings. The van der Waals surface area contributed by atoms with Crippen molar-refractivity contribution in [1.29, 1.82) is 0 Å². The SMILES string of the molecule is COc1ccc2c(C(=O)NC3CC(=O)NC3=O)nccc2c1. The van der Waals surface area contributed by atoms with Crippen molar-refractivity contribution in [3.63, 3.8) is 0 Å². The van der Waals surface area contributed by atoms with Gasteiger partial charge in [0, 0.05) is 11.6 Å². The Labute approximate surface area is 125 Å². The van der Waals surface area contributed by atoms with E-state index in [1.165, 1.54) is 6.20 Å². The van der Waals surface area contributed by atoms with E-state index >= 15 is 0 Å². The number of pyridine rings is 1. The molecule has 7 nitrogen and oxygen atoms in total. The number of rotatable bonds is 3. The average Bonchev–Trinajstić information content (AvgIpc) is 2.83. The standard InChI is InChI=1S/C15H13N3O4/c1-22-9-2-3-10-8(6-9)4-5-16-13(10)15(21)17-11-7-12(19)18-14(11)20/h2-6,11H,7H2,1H3,(H,17,21)(H,18,19,20). The largest absolute Gasteiger partial charge is 0.497 e. The molecule has 1 aromatic carbocycles. The number of imide groups is 1. The molecule has 1 saturated heterocycles. The Bertz CT molecular complexity index is 787. The smallest absolute Gasteiger partial charge is 0.271 e. The summed E-state index contributed by atoms with van der Waals surface area (Å²) in [7, 11) is 1.56. The highest BCUT2D eigenvalue weighted by molar-refractivity contribution is 6.10. The Morgan fingerprint density at radius 1 is 1.36 bits per heavy atom. The van der Waals surface area contributed by atoms with Crippen molar-refractivity contribution in [3.05, 3.63) is 36.2 Å². The van der Waals surface area contributed by atoms with Crippen LogP contribution >= 0.6 is 0 Å². The number of amides is 3. The van der Waals surface area contributed by atoms with Gasteiger partial charge >= 0.3 is 0 Å². The molecular weight excluding hydrogens is 286 g/mol. The number of nitrogens with one attached hydrogen (secondary N) is 2. The maximum Gasteiger partial charge on any atom is 0.271 e. The lowest BCUT2D eigenvalue weighted by molar-refractivity contribution is -0.125. The summed E-state index contributed by atoms with van der Waals surface area (Å²) in [5.41, 5.74) is 0.201. The van der Waals surface area contributed by atoms with E-state index in [2.05, 4.69) is 15.6 Å². The molecule has 0 spiro atoms. The zero-order valence-electron chi connectivity index (χ0n) is 11.8. The first kappa shape index (κ1) is 14.0. The topological polar surface area (TPSA) is 97.4 Å². The second kappa shape index (κ2) is 5.44. The van der Waals surface area contributed by atoms with E-state index in [1.807, 2.05) is 0 Å². The van der Waals surface area contributed by atoms with Gasteiger partial charge in [-0.3, -0.25) is 24.7 Å². The number of hydrogen-bond donors (Lipinski definition) is 2. The van der Waals surface area contributed by atoms with Crippen LogP contribution in [0, 0.1) is 0 Å². The highest BCUT2D eigenvalue weighted by atomic mass is 16.5. The van der Waals surface area contributed by atoms with Crippen molar-refractivity contribution in [2.24, 2.45) is 0 Å². The molecule has 1 aromatic heterocycles. The van der Waals surface area contributed by atoms with E-state index in [0.717, 1.165) is 5.39 Å². The molecule has 1 unspecified atom stereocenters. The summed E-state index contributed by atoms with van der Waals surface area (Å²) in [6, 6.07) is 6.16. The molecule has 112 valence electrons. The summed E-state index contributed by atoms with van der Waals surface area (Å²) in [4.78, 5) is 39.1. The van der Waals surface area contributed by atoms with Crippen molar-refractivity contribution in [1.82, 2.24) is 15.6 Å². The normalized spacial score (nSPS) is 17.4. The fourth-order valence-corrected chi connectivity index (χ4v) is 2.36. The minimum atomic E-state index is -0.852. The zero-order chi connectivity index (χ0) is 15.7. The number of nitrogens with zero attached hydrogens (tertiary/aromatic N) is 1. The van der Waals surface area contributed by atoms with Crippen molar-refractivity contribution >= 4 is 28.5 Å². The fourth-order valence-electron chi connectivity index (χ4n) is 2.36. The van der Waals surface area contributed by atoms with Crippen molar-refractivity contribution < 1.29 is 19.1 Å². The fraction of sp³-hybridized carbons (Fsp3) is 0.200. The van der Waals surface area contributed by atoms with Gasteiger partial charge in [0.2, 0.25) is 11.8 Å². The quantitative estimate of drug-likeness (QED) is 0.799. The molecule has 0 radical (unpaired) electrons. The molecule has 1 atom stereocenters. The van der Waals surface area contributed by atoms with Gasteiger partial charge in [0.1, 0.15) is 17.5 Å². The Morgan fingerprint density at radius 3 is 2.86 bits per heavy atom. The molecule has 1 aliphatic rings. The maximum atomic E-state index is 12.3. The predicted molar refractivity (Wildman–Crippen MR) is 77.3 cm³/mol. The lowest BCUT2D eigenvalue weighted by Gasteiger charge is -2.11. The molecule has 22 heavy (non-hydrogen) atoms. The van der Waals surface area contributed by atoms with Crippen LogP contribution in [0.1, 0.15) is 16.9 Å². The number of carbonyl (C=O) groups excluding carboxylic acids is 3. The summed E-state index contributed by atoms with van der Waals surface area (Å²) in [5, 5.41) is 6.12. The summed E-state index contributed by atoms with van der Waals surface area (Å²) in [5.74, 6) is -0.720. The van der Waals surface area contributed by atoms with E-state index in [-0.39, 0.29) is 12.1 Å². The molecule has 0 saturated carbocycles. The predicted octanol–water partition coefficient (Wildman–Crippen LogP) is 0.388. The highest BCUT2D eigenvalue weighted by Gasteiger charge is 2.32. The number of benzene rings is 1. The number of methoxy groups -OCH3 is 1. The Kier molecular flexibility index (Phi) is 3.46. The lowest BCUT2D eigenvalue weighted by atomic mass is 10.1. The van der Waals surface area contributed by atoms with Crippen LogP contribution in [0.5, 0.6) is 5.75 Å². The van der Waals surface area contributed by atoms with Crippen LogP contribution in [0.2, 0.25) is 0 Å². The van der Waals surface area contributed by atoms with E-state index < -0.39 is 23.8 Å². The summed E-state index contributed by atoms with van der Waals surface area (Å²) < 4.78 is 5.14. The minimum absolute atomic E-state index is 0.0524. The molecule has 1 fully saturated rings. The van der Waals surface area contributed by atoms with Gasteiger partial charge in [-0.25, -0.2) is 0 Å². The molecule has 2 heterocycles. The van der Waals surface area contributed by atoms with Crippen molar-refractivity contribution in [2.45, 2.75) is 12.5 Å². The van der Waals surface area contributed by atoms with Crippen molar-refractivity contribution in [3.8, 4) is 5.75 Å². The molecule has 7 heteroatoms.